The molecule has 23 heavy (non-hydrogen) atoms. The van der Waals surface area contributed by atoms with E-state index in [1.165, 1.54) is 0 Å². The van der Waals surface area contributed by atoms with Crippen LogP contribution >= 0.6 is 0 Å². The van der Waals surface area contributed by atoms with Crippen LogP contribution in [0.15, 0.2) is 23.1 Å². The number of ether oxygens (including phenoxy) is 2. The molecule has 0 aliphatic carbocycles. The molecule has 0 atom stereocenters. The van der Waals surface area contributed by atoms with E-state index in [2.05, 4.69) is 23.5 Å². The minimum absolute atomic E-state index is 0.0609. The largest absolute Gasteiger partial charge is 0.493 e. The summed E-state index contributed by atoms with van der Waals surface area (Å²) in [5.41, 5.74) is 0.899. The third kappa shape index (κ3) is 3.68. The standard InChI is InChI=1S/C16H24N2O4S/c1-16(2)12-21-10-8-18(16)7-6-17-23(19,20)14-3-4-15-13(11-14)5-9-22-15/h3-4,11,17H,5-10,12H2,1-2H3. The highest BCUT2D eigenvalue weighted by Gasteiger charge is 2.30. The Bertz CT molecular complexity index is 673. The monoisotopic (exact) mass is 340 g/mol. The Morgan fingerprint density at radius 3 is 2.91 bits per heavy atom. The number of hydrogen-bond donors (Lipinski definition) is 1. The van der Waals surface area contributed by atoms with Gasteiger partial charge in [-0.25, -0.2) is 13.1 Å². The second kappa shape index (κ2) is 6.39. The van der Waals surface area contributed by atoms with Crippen LogP contribution in [0.3, 0.4) is 0 Å². The predicted octanol–water partition coefficient (Wildman–Crippen LogP) is 1.01. The van der Waals surface area contributed by atoms with Crippen molar-refractivity contribution in [2.45, 2.75) is 30.7 Å². The lowest BCUT2D eigenvalue weighted by molar-refractivity contribution is -0.0495. The van der Waals surface area contributed by atoms with Crippen molar-refractivity contribution in [1.29, 1.82) is 0 Å². The molecule has 1 fully saturated rings. The van der Waals surface area contributed by atoms with Crippen LogP contribution in [0.5, 0.6) is 5.75 Å². The lowest BCUT2D eigenvalue weighted by Gasteiger charge is -2.42. The minimum Gasteiger partial charge on any atom is -0.493 e. The fourth-order valence-electron chi connectivity index (χ4n) is 3.03. The summed E-state index contributed by atoms with van der Waals surface area (Å²) >= 11 is 0. The third-order valence-electron chi connectivity index (χ3n) is 4.46. The van der Waals surface area contributed by atoms with Crippen LogP contribution in [0.1, 0.15) is 19.4 Å². The Kier molecular flexibility index (Phi) is 4.64. The first-order chi connectivity index (χ1) is 10.9. The van der Waals surface area contributed by atoms with Crippen LogP contribution in [0.25, 0.3) is 0 Å². The van der Waals surface area contributed by atoms with Gasteiger partial charge >= 0.3 is 0 Å². The van der Waals surface area contributed by atoms with Crippen molar-refractivity contribution in [2.24, 2.45) is 0 Å². The normalized spacial score (nSPS) is 21.0. The van der Waals surface area contributed by atoms with E-state index in [1.807, 2.05) is 0 Å². The maximum absolute atomic E-state index is 12.4. The molecular formula is C16H24N2O4S. The van der Waals surface area contributed by atoms with E-state index in [1.54, 1.807) is 18.2 Å². The number of benzene rings is 1. The van der Waals surface area contributed by atoms with Gasteiger partial charge in [-0.3, -0.25) is 4.90 Å². The molecule has 3 rings (SSSR count). The number of hydrogen-bond acceptors (Lipinski definition) is 5. The van der Waals surface area contributed by atoms with E-state index in [0.717, 1.165) is 24.3 Å². The average Bonchev–Trinajstić information content (AvgIpc) is 2.96. The molecule has 0 amide bonds. The maximum Gasteiger partial charge on any atom is 0.240 e. The van der Waals surface area contributed by atoms with Gasteiger partial charge in [0.05, 0.1) is 24.7 Å². The average molecular weight is 340 g/mol. The first-order valence-electron chi connectivity index (χ1n) is 7.97. The van der Waals surface area contributed by atoms with E-state index in [9.17, 15) is 8.42 Å². The molecule has 2 heterocycles. The molecule has 0 bridgehead atoms. The van der Waals surface area contributed by atoms with Gasteiger partial charge in [0.25, 0.3) is 0 Å². The van der Waals surface area contributed by atoms with Crippen molar-refractivity contribution in [3.63, 3.8) is 0 Å². The zero-order valence-corrected chi connectivity index (χ0v) is 14.5. The molecule has 0 unspecified atom stereocenters. The number of nitrogens with zero attached hydrogens (tertiary/aromatic N) is 1. The summed E-state index contributed by atoms with van der Waals surface area (Å²) in [6, 6.07) is 5.05. The van der Waals surface area contributed by atoms with Crippen molar-refractivity contribution >= 4 is 10.0 Å². The summed E-state index contributed by atoms with van der Waals surface area (Å²) < 4.78 is 38.5. The SMILES string of the molecule is CC1(C)COCCN1CCNS(=O)(=O)c1ccc2c(c1)CCO2. The van der Waals surface area contributed by atoms with E-state index in [0.29, 0.717) is 37.8 Å². The molecule has 2 aliphatic rings. The summed E-state index contributed by atoms with van der Waals surface area (Å²) in [4.78, 5) is 2.57. The van der Waals surface area contributed by atoms with Crippen LogP contribution in [-0.4, -0.2) is 58.3 Å². The number of rotatable bonds is 5. The van der Waals surface area contributed by atoms with Gasteiger partial charge in [0, 0.05) is 31.6 Å². The summed E-state index contributed by atoms with van der Waals surface area (Å²) in [5, 5.41) is 0. The minimum atomic E-state index is -3.48. The van der Waals surface area contributed by atoms with Crippen LogP contribution < -0.4 is 9.46 Å². The van der Waals surface area contributed by atoms with E-state index in [4.69, 9.17) is 9.47 Å². The molecule has 1 aromatic rings. The van der Waals surface area contributed by atoms with Gasteiger partial charge < -0.3 is 9.47 Å². The molecule has 0 spiro atoms. The zero-order valence-electron chi connectivity index (χ0n) is 13.7. The smallest absolute Gasteiger partial charge is 0.240 e. The predicted molar refractivity (Wildman–Crippen MR) is 87.3 cm³/mol. The number of sulfonamides is 1. The Hall–Kier alpha value is -1.15. The Labute approximate surface area is 137 Å². The number of fused-ring (bicyclic) bond motifs is 1. The van der Waals surface area contributed by atoms with E-state index >= 15 is 0 Å². The molecule has 0 radical (unpaired) electrons. The molecule has 0 aromatic heterocycles. The molecule has 6 nitrogen and oxygen atoms in total. The van der Waals surface area contributed by atoms with Gasteiger partial charge in [0.15, 0.2) is 0 Å². The maximum atomic E-state index is 12.4. The molecule has 1 aromatic carbocycles. The molecule has 7 heteroatoms. The van der Waals surface area contributed by atoms with Gasteiger partial charge in [-0.05, 0) is 37.6 Å². The highest BCUT2D eigenvalue weighted by molar-refractivity contribution is 7.89. The first-order valence-corrected chi connectivity index (χ1v) is 9.45. The molecule has 1 N–H and O–H groups in total. The Morgan fingerprint density at radius 2 is 2.13 bits per heavy atom. The third-order valence-corrected chi connectivity index (χ3v) is 5.92. The zero-order chi connectivity index (χ0) is 16.5. The van der Waals surface area contributed by atoms with Crippen LogP contribution in [0.4, 0.5) is 0 Å². The van der Waals surface area contributed by atoms with Crippen LogP contribution in [-0.2, 0) is 21.2 Å². The number of nitrogens with one attached hydrogen (secondary N) is 1. The van der Waals surface area contributed by atoms with Gasteiger partial charge in [0.2, 0.25) is 10.0 Å². The first kappa shape index (κ1) is 16.7. The molecule has 128 valence electrons. The second-order valence-electron chi connectivity index (χ2n) is 6.62. The van der Waals surface area contributed by atoms with Crippen molar-refractivity contribution < 1.29 is 17.9 Å². The lowest BCUT2D eigenvalue weighted by atomic mass is 10.0. The van der Waals surface area contributed by atoms with Gasteiger partial charge in [0.1, 0.15) is 5.75 Å². The fraction of sp³-hybridized carbons (Fsp3) is 0.625. The van der Waals surface area contributed by atoms with Crippen molar-refractivity contribution in [3.05, 3.63) is 23.8 Å². The molecule has 2 aliphatic heterocycles. The highest BCUT2D eigenvalue weighted by atomic mass is 32.2. The quantitative estimate of drug-likeness (QED) is 0.866. The molecular weight excluding hydrogens is 316 g/mol. The molecule has 0 saturated carbocycles. The molecule has 1 saturated heterocycles. The van der Waals surface area contributed by atoms with Gasteiger partial charge in [-0.2, -0.15) is 0 Å². The van der Waals surface area contributed by atoms with Gasteiger partial charge in [-0.15, -0.1) is 0 Å². The van der Waals surface area contributed by atoms with Crippen LogP contribution in [0, 0.1) is 0 Å². The van der Waals surface area contributed by atoms with Crippen molar-refractivity contribution in [3.8, 4) is 5.75 Å². The number of morpholine rings is 1. The highest BCUT2D eigenvalue weighted by Crippen LogP contribution is 2.27. The van der Waals surface area contributed by atoms with Crippen molar-refractivity contribution in [1.82, 2.24) is 9.62 Å². The Morgan fingerprint density at radius 1 is 1.30 bits per heavy atom. The van der Waals surface area contributed by atoms with Crippen molar-refractivity contribution in [2.75, 3.05) is 39.5 Å². The lowest BCUT2D eigenvalue weighted by Crippen LogP contribution is -2.54. The van der Waals surface area contributed by atoms with E-state index in [-0.39, 0.29) is 5.54 Å². The van der Waals surface area contributed by atoms with E-state index < -0.39 is 10.0 Å². The second-order valence-corrected chi connectivity index (χ2v) is 8.38. The topological polar surface area (TPSA) is 67.9 Å². The summed E-state index contributed by atoms with van der Waals surface area (Å²) in [6.07, 6.45) is 0.765. The fourth-order valence-corrected chi connectivity index (χ4v) is 4.10. The Balaban J connectivity index is 1.61. The van der Waals surface area contributed by atoms with Gasteiger partial charge in [-0.1, -0.05) is 0 Å². The summed E-state index contributed by atoms with van der Waals surface area (Å²) in [6.45, 7) is 8.10. The summed E-state index contributed by atoms with van der Waals surface area (Å²) in [7, 11) is -3.48. The summed E-state index contributed by atoms with van der Waals surface area (Å²) in [5.74, 6) is 0.791. The van der Waals surface area contributed by atoms with Crippen LogP contribution in [0.2, 0.25) is 0 Å².